The number of ether oxygens (including phenoxy) is 1. The molecule has 1 saturated heterocycles. The van der Waals surface area contributed by atoms with Gasteiger partial charge in [0, 0.05) is 23.0 Å². The van der Waals surface area contributed by atoms with Crippen LogP contribution in [0.2, 0.25) is 5.02 Å². The number of hydrogen-bond acceptors (Lipinski definition) is 3. The zero-order valence-electron chi connectivity index (χ0n) is 12.5. The molecule has 6 heteroatoms. The summed E-state index contributed by atoms with van der Waals surface area (Å²) in [5.74, 6) is 0. The largest absolute Gasteiger partial charge is 0.448 e. The Labute approximate surface area is 142 Å². The van der Waals surface area contributed by atoms with Crippen molar-refractivity contribution in [3.05, 3.63) is 34.9 Å². The van der Waals surface area contributed by atoms with Crippen molar-refractivity contribution in [2.75, 3.05) is 19.7 Å². The van der Waals surface area contributed by atoms with Crippen molar-refractivity contribution in [2.45, 2.75) is 37.1 Å². The molecule has 0 radical (unpaired) electrons. The highest BCUT2D eigenvalue weighted by Gasteiger charge is 2.40. The molecule has 2 N–H and O–H groups in total. The van der Waals surface area contributed by atoms with Crippen LogP contribution < -0.4 is 5.73 Å². The number of amides is 1. The van der Waals surface area contributed by atoms with E-state index in [-0.39, 0.29) is 23.9 Å². The van der Waals surface area contributed by atoms with E-state index < -0.39 is 0 Å². The second kappa shape index (κ2) is 7.07. The molecule has 0 atom stereocenters. The predicted molar refractivity (Wildman–Crippen MR) is 89.7 cm³/mol. The van der Waals surface area contributed by atoms with Gasteiger partial charge in [0.15, 0.2) is 0 Å². The van der Waals surface area contributed by atoms with Gasteiger partial charge in [-0.15, -0.1) is 12.4 Å². The third kappa shape index (κ3) is 3.19. The number of nitrogens with zero attached hydrogens (tertiary/aromatic N) is 1. The molecule has 1 aliphatic carbocycles. The van der Waals surface area contributed by atoms with Crippen LogP contribution in [0.25, 0.3) is 0 Å². The van der Waals surface area contributed by atoms with Crippen LogP contribution in [-0.2, 0) is 10.2 Å². The van der Waals surface area contributed by atoms with Crippen LogP contribution in [0.1, 0.15) is 31.2 Å². The minimum absolute atomic E-state index is 0. The maximum absolute atomic E-state index is 11.7. The van der Waals surface area contributed by atoms with E-state index in [0.717, 1.165) is 37.3 Å². The van der Waals surface area contributed by atoms with E-state index in [4.69, 9.17) is 22.1 Å². The lowest BCUT2D eigenvalue weighted by molar-refractivity contribution is 0.127. The minimum Gasteiger partial charge on any atom is -0.448 e. The van der Waals surface area contributed by atoms with Crippen LogP contribution >= 0.6 is 24.0 Å². The topological polar surface area (TPSA) is 55.6 Å². The summed E-state index contributed by atoms with van der Waals surface area (Å²) in [6.45, 7) is 1.85. The number of nitrogens with two attached hydrogens (primary N) is 1. The zero-order chi connectivity index (χ0) is 14.9. The fourth-order valence-corrected chi connectivity index (χ4v) is 3.82. The summed E-state index contributed by atoms with van der Waals surface area (Å²) in [6, 6.07) is 8.31. The summed E-state index contributed by atoms with van der Waals surface area (Å²) < 4.78 is 5.04. The van der Waals surface area contributed by atoms with E-state index in [2.05, 4.69) is 6.07 Å². The minimum atomic E-state index is -0.164. The average Bonchev–Trinajstić information content (AvgIpc) is 2.93. The molecule has 0 unspecified atom stereocenters. The third-order valence-corrected chi connectivity index (χ3v) is 5.21. The SMILES string of the molecule is Cl.NC[C@]1(c2cccc(Cl)c2)CC[C@@H](N2CCOC2=O)CC1. The van der Waals surface area contributed by atoms with Crippen molar-refractivity contribution < 1.29 is 9.53 Å². The number of carbonyl (C=O) groups is 1. The van der Waals surface area contributed by atoms with E-state index in [1.807, 2.05) is 23.1 Å². The van der Waals surface area contributed by atoms with Gasteiger partial charge in [-0.3, -0.25) is 0 Å². The summed E-state index contributed by atoms with van der Waals surface area (Å²) in [4.78, 5) is 13.6. The molecule has 0 bridgehead atoms. The van der Waals surface area contributed by atoms with Crippen LogP contribution in [0.15, 0.2) is 24.3 Å². The Morgan fingerprint density at radius 2 is 2.09 bits per heavy atom. The molecule has 1 saturated carbocycles. The zero-order valence-corrected chi connectivity index (χ0v) is 14.0. The Hall–Kier alpha value is -0.970. The highest BCUT2D eigenvalue weighted by molar-refractivity contribution is 6.30. The first-order chi connectivity index (χ1) is 10.1. The first-order valence-corrected chi connectivity index (χ1v) is 7.92. The van der Waals surface area contributed by atoms with Gasteiger partial charge in [-0.1, -0.05) is 23.7 Å². The standard InChI is InChI=1S/C16H21ClN2O2.ClH/c17-13-3-1-2-12(10-13)16(11-18)6-4-14(5-7-16)19-8-9-21-15(19)20;/h1-3,10,14H,4-9,11,18H2;1H/t14-,16+;. The molecule has 1 aromatic rings. The second-order valence-corrected chi connectivity index (χ2v) is 6.47. The van der Waals surface area contributed by atoms with Crippen molar-refractivity contribution >= 4 is 30.1 Å². The van der Waals surface area contributed by atoms with Gasteiger partial charge in [0.05, 0.1) is 6.54 Å². The first-order valence-electron chi connectivity index (χ1n) is 7.54. The average molecular weight is 345 g/mol. The number of carbonyl (C=O) groups excluding carboxylic acids is 1. The summed E-state index contributed by atoms with van der Waals surface area (Å²) >= 11 is 6.12. The Bertz CT molecular complexity index is 531. The third-order valence-electron chi connectivity index (χ3n) is 4.97. The Morgan fingerprint density at radius 1 is 1.36 bits per heavy atom. The Balaban J connectivity index is 0.00000176. The van der Waals surface area contributed by atoms with Gasteiger partial charge in [-0.05, 0) is 43.4 Å². The van der Waals surface area contributed by atoms with Crippen LogP contribution in [0.5, 0.6) is 0 Å². The molecular weight excluding hydrogens is 323 g/mol. The van der Waals surface area contributed by atoms with Crippen molar-refractivity contribution in [1.82, 2.24) is 4.90 Å². The quantitative estimate of drug-likeness (QED) is 0.914. The summed E-state index contributed by atoms with van der Waals surface area (Å²) in [6.07, 6.45) is 3.75. The van der Waals surface area contributed by atoms with Crippen molar-refractivity contribution in [3.8, 4) is 0 Å². The van der Waals surface area contributed by atoms with Gasteiger partial charge in [0.2, 0.25) is 0 Å². The Morgan fingerprint density at radius 3 is 2.64 bits per heavy atom. The predicted octanol–water partition coefficient (Wildman–Crippen LogP) is 3.35. The summed E-state index contributed by atoms with van der Waals surface area (Å²) in [5.41, 5.74) is 7.31. The maximum atomic E-state index is 11.7. The van der Waals surface area contributed by atoms with E-state index >= 15 is 0 Å². The maximum Gasteiger partial charge on any atom is 0.410 e. The first kappa shape index (κ1) is 17.4. The molecular formula is C16H22Cl2N2O2. The molecule has 0 aromatic heterocycles. The van der Waals surface area contributed by atoms with Crippen molar-refractivity contribution in [3.63, 3.8) is 0 Å². The molecule has 22 heavy (non-hydrogen) atoms. The highest BCUT2D eigenvalue weighted by Crippen LogP contribution is 2.41. The molecule has 0 spiro atoms. The number of halogens is 2. The van der Waals surface area contributed by atoms with Crippen LogP contribution in [0, 0.1) is 0 Å². The number of hydrogen-bond donors (Lipinski definition) is 1. The fraction of sp³-hybridized carbons (Fsp3) is 0.562. The molecule has 1 heterocycles. The highest BCUT2D eigenvalue weighted by atomic mass is 35.5. The smallest absolute Gasteiger partial charge is 0.410 e. The lowest BCUT2D eigenvalue weighted by Crippen LogP contribution is -2.45. The Kier molecular flexibility index (Phi) is 5.59. The second-order valence-electron chi connectivity index (χ2n) is 6.03. The van der Waals surface area contributed by atoms with Crippen LogP contribution in [-0.4, -0.2) is 36.7 Å². The number of benzene rings is 1. The van der Waals surface area contributed by atoms with Gasteiger partial charge in [0.25, 0.3) is 0 Å². The van der Waals surface area contributed by atoms with Gasteiger partial charge >= 0.3 is 6.09 Å². The van der Waals surface area contributed by atoms with E-state index in [1.165, 1.54) is 5.56 Å². The number of rotatable bonds is 3. The van der Waals surface area contributed by atoms with Crippen LogP contribution in [0.3, 0.4) is 0 Å². The monoisotopic (exact) mass is 344 g/mol. The normalized spacial score (nSPS) is 28.2. The summed E-state index contributed by atoms with van der Waals surface area (Å²) in [7, 11) is 0. The summed E-state index contributed by atoms with van der Waals surface area (Å²) in [5, 5.41) is 0.755. The number of cyclic esters (lactones) is 1. The van der Waals surface area contributed by atoms with Crippen LogP contribution in [0.4, 0.5) is 4.79 Å². The van der Waals surface area contributed by atoms with E-state index in [0.29, 0.717) is 19.2 Å². The molecule has 2 aliphatic rings. The molecule has 1 amide bonds. The van der Waals surface area contributed by atoms with Crippen molar-refractivity contribution in [2.24, 2.45) is 5.73 Å². The van der Waals surface area contributed by atoms with E-state index in [9.17, 15) is 4.79 Å². The molecule has 1 aromatic carbocycles. The van der Waals surface area contributed by atoms with Gasteiger partial charge in [0.1, 0.15) is 6.61 Å². The molecule has 4 nitrogen and oxygen atoms in total. The fourth-order valence-electron chi connectivity index (χ4n) is 3.63. The molecule has 2 fully saturated rings. The van der Waals surface area contributed by atoms with Crippen molar-refractivity contribution in [1.29, 1.82) is 0 Å². The van der Waals surface area contributed by atoms with Gasteiger partial charge < -0.3 is 15.4 Å². The van der Waals surface area contributed by atoms with Gasteiger partial charge in [-0.2, -0.15) is 0 Å². The van der Waals surface area contributed by atoms with Gasteiger partial charge in [-0.25, -0.2) is 4.79 Å². The van der Waals surface area contributed by atoms with E-state index in [1.54, 1.807) is 0 Å². The molecule has 1 aliphatic heterocycles. The molecule has 3 rings (SSSR count). The molecule has 122 valence electrons. The lowest BCUT2D eigenvalue weighted by Gasteiger charge is -2.42. The lowest BCUT2D eigenvalue weighted by atomic mass is 9.68.